The number of hydrogen-bond donors (Lipinski definition) is 0. The average molecular weight is 401 g/mol. The van der Waals surface area contributed by atoms with E-state index in [0.717, 1.165) is 0 Å². The molecule has 0 bridgehead atoms. The minimum Gasteiger partial charge on any atom is -0.200 e. The molecular weight excluding hydrogens is 369 g/mol. The second-order valence-corrected chi connectivity index (χ2v) is 9.97. The summed E-state index contributed by atoms with van der Waals surface area (Å²) in [7, 11) is 0.323. The number of rotatable bonds is 7. The van der Waals surface area contributed by atoms with Gasteiger partial charge in [-0.1, -0.05) is 111 Å². The summed E-state index contributed by atoms with van der Waals surface area (Å²) >= 11 is 0. The van der Waals surface area contributed by atoms with Gasteiger partial charge >= 0.3 is 0 Å². The van der Waals surface area contributed by atoms with Crippen LogP contribution in [-0.2, 0) is 10.9 Å². The first-order valence-electron chi connectivity index (χ1n) is 10.4. The highest BCUT2D eigenvalue weighted by Gasteiger charge is 2.28. The Hall–Kier alpha value is -2.44. The predicted octanol–water partition coefficient (Wildman–Crippen LogP) is 4.34. The molecule has 3 aromatic carbocycles. The Morgan fingerprint density at radius 2 is 1.10 bits per heavy atom. The van der Waals surface area contributed by atoms with E-state index in [1.54, 1.807) is 0 Å². The van der Waals surface area contributed by atoms with Crippen molar-refractivity contribution in [2.24, 2.45) is 0 Å². The normalized spacial score (nSPS) is 10.7. The quantitative estimate of drug-likeness (QED) is 0.427. The fourth-order valence-electron chi connectivity index (χ4n) is 4.06. The van der Waals surface area contributed by atoms with Crippen molar-refractivity contribution >= 4 is 33.4 Å². The molecule has 3 rings (SSSR count). The van der Waals surface area contributed by atoms with E-state index in [2.05, 4.69) is 117 Å². The van der Waals surface area contributed by atoms with Crippen molar-refractivity contribution in [3.8, 4) is 6.07 Å². The molecular formula is C26H32BNS. The number of hydrogen-bond acceptors (Lipinski definition) is 1. The fraction of sp³-hybridized carbons (Fsp3) is 0.269. The van der Waals surface area contributed by atoms with Gasteiger partial charge in [-0.15, -0.1) is 0 Å². The fourth-order valence-corrected chi connectivity index (χ4v) is 4.32. The number of unbranched alkanes of at least 4 members (excludes halogenated alkanes) is 1. The summed E-state index contributed by atoms with van der Waals surface area (Å²) in [5, 5.41) is 7.99. The molecule has 0 atom stereocenters. The molecule has 0 saturated carbocycles. The van der Waals surface area contributed by atoms with E-state index in [0.29, 0.717) is 16.6 Å². The molecule has 0 saturated heterocycles. The van der Waals surface area contributed by atoms with Crippen LogP contribution in [0.25, 0.3) is 0 Å². The molecule has 29 heavy (non-hydrogen) atoms. The van der Waals surface area contributed by atoms with Gasteiger partial charge in [0.25, 0.3) is 0 Å². The maximum absolute atomic E-state index is 7.99. The maximum atomic E-state index is 7.99. The van der Waals surface area contributed by atoms with Crippen LogP contribution in [0.1, 0.15) is 19.8 Å². The third-order valence-electron chi connectivity index (χ3n) is 5.45. The molecule has 0 amide bonds. The molecule has 0 aliphatic heterocycles. The lowest BCUT2D eigenvalue weighted by atomic mass is 9.14. The van der Waals surface area contributed by atoms with Gasteiger partial charge in [-0.3, -0.25) is 0 Å². The Kier molecular flexibility index (Phi) is 9.61. The van der Waals surface area contributed by atoms with E-state index in [4.69, 9.17) is 5.26 Å². The van der Waals surface area contributed by atoms with E-state index in [1.165, 1.54) is 35.6 Å². The lowest BCUT2D eigenvalue weighted by Crippen LogP contribution is -2.66. The summed E-state index contributed by atoms with van der Waals surface area (Å²) in [4.78, 5) is 0. The van der Waals surface area contributed by atoms with Crippen molar-refractivity contribution in [1.82, 2.24) is 0 Å². The zero-order valence-electron chi connectivity index (χ0n) is 17.9. The molecule has 0 aliphatic carbocycles. The summed E-state index contributed by atoms with van der Waals surface area (Å²) in [6.07, 6.45) is 6.85. The second kappa shape index (κ2) is 12.2. The smallest absolute Gasteiger partial charge is 0.192 e. The first-order valence-corrected chi connectivity index (χ1v) is 12.6. The zero-order valence-corrected chi connectivity index (χ0v) is 18.7. The monoisotopic (exact) mass is 401 g/mol. The Balaban J connectivity index is 0.000000438. The third-order valence-corrected chi connectivity index (χ3v) is 6.16. The molecule has 150 valence electrons. The van der Waals surface area contributed by atoms with Crippen LogP contribution >= 0.6 is 0 Å². The lowest BCUT2D eigenvalue weighted by Gasteiger charge is -2.43. The van der Waals surface area contributed by atoms with Crippen molar-refractivity contribution < 1.29 is 0 Å². The zero-order chi connectivity index (χ0) is 21.0. The first-order chi connectivity index (χ1) is 14.1. The van der Waals surface area contributed by atoms with Crippen molar-refractivity contribution in [2.75, 3.05) is 18.3 Å². The number of nitriles is 1. The Bertz CT molecular complexity index is 761. The maximum Gasteiger partial charge on any atom is 0.192 e. The van der Waals surface area contributed by atoms with Gasteiger partial charge in [-0.2, -0.15) is 28.0 Å². The van der Waals surface area contributed by atoms with Gasteiger partial charge in [0.05, 0.1) is 18.7 Å². The van der Waals surface area contributed by atoms with Gasteiger partial charge in [-0.05, 0) is 10.9 Å². The van der Waals surface area contributed by atoms with Crippen molar-refractivity contribution in [2.45, 2.75) is 26.1 Å². The Morgan fingerprint density at radius 3 is 1.34 bits per heavy atom. The largest absolute Gasteiger partial charge is 0.200 e. The molecule has 0 N–H and O–H groups in total. The Morgan fingerprint density at radius 1 is 0.724 bits per heavy atom. The van der Waals surface area contributed by atoms with Gasteiger partial charge in [0.1, 0.15) is 6.07 Å². The number of nitrogens with zero attached hydrogens (tertiary/aromatic N) is 1. The van der Waals surface area contributed by atoms with Crippen molar-refractivity contribution in [3.63, 3.8) is 0 Å². The van der Waals surface area contributed by atoms with Gasteiger partial charge in [0, 0.05) is 0 Å². The third kappa shape index (κ3) is 6.27. The van der Waals surface area contributed by atoms with Crippen LogP contribution in [0.15, 0.2) is 91.0 Å². The van der Waals surface area contributed by atoms with E-state index < -0.39 is 6.15 Å². The molecule has 0 radical (unpaired) electrons. The van der Waals surface area contributed by atoms with Crippen LogP contribution in [0.4, 0.5) is 0 Å². The van der Waals surface area contributed by atoms with E-state index in [1.807, 2.05) is 0 Å². The Labute approximate surface area is 180 Å². The van der Waals surface area contributed by atoms with Gasteiger partial charge < -0.3 is 0 Å². The van der Waals surface area contributed by atoms with Crippen LogP contribution in [0.5, 0.6) is 0 Å². The molecule has 0 unspecified atom stereocenters. The van der Waals surface area contributed by atoms with Crippen molar-refractivity contribution in [1.29, 1.82) is 5.26 Å². The second-order valence-electron chi connectivity index (χ2n) is 7.71. The molecule has 0 heterocycles. The average Bonchev–Trinajstić information content (AvgIpc) is 2.77. The minimum absolute atomic E-state index is 0.323. The van der Waals surface area contributed by atoms with Crippen LogP contribution in [0.3, 0.4) is 0 Å². The van der Waals surface area contributed by atoms with Crippen LogP contribution in [-0.4, -0.2) is 24.4 Å². The topological polar surface area (TPSA) is 23.8 Å². The number of benzene rings is 3. The van der Waals surface area contributed by atoms with Gasteiger partial charge in [0.2, 0.25) is 0 Å². The minimum atomic E-state index is -0.913. The molecule has 0 aliphatic rings. The molecule has 0 aromatic heterocycles. The molecule has 3 heteroatoms. The molecule has 0 spiro atoms. The highest BCUT2D eigenvalue weighted by Crippen LogP contribution is 2.16. The van der Waals surface area contributed by atoms with Gasteiger partial charge in [0.15, 0.2) is 5.75 Å². The van der Waals surface area contributed by atoms with Crippen LogP contribution in [0.2, 0.25) is 6.32 Å². The SMILES string of the molecule is CCCC[B-](c1ccccc1)(c1ccccc1)c1ccccc1.C[S+](C)CC#N. The van der Waals surface area contributed by atoms with E-state index in [-0.39, 0.29) is 0 Å². The van der Waals surface area contributed by atoms with Crippen LogP contribution in [0, 0.1) is 11.3 Å². The standard InChI is InChI=1S/C22H24B.C4H8NS/c1-2-3-19-23(20-13-7-4-8-14-20,21-15-9-5-10-16-21)22-17-11-6-12-18-22;1-6(2)4-3-5/h4-18H,2-3,19H2,1H3;4H2,1-2H3/q-1;+1. The van der Waals surface area contributed by atoms with Crippen molar-refractivity contribution in [3.05, 3.63) is 91.0 Å². The van der Waals surface area contributed by atoms with E-state index in [9.17, 15) is 0 Å². The highest BCUT2D eigenvalue weighted by molar-refractivity contribution is 7.95. The summed E-state index contributed by atoms with van der Waals surface area (Å²) in [6, 6.07) is 35.2. The summed E-state index contributed by atoms with van der Waals surface area (Å²) in [5.41, 5.74) is 4.33. The summed E-state index contributed by atoms with van der Waals surface area (Å²) in [6.45, 7) is 2.28. The van der Waals surface area contributed by atoms with E-state index >= 15 is 0 Å². The summed E-state index contributed by atoms with van der Waals surface area (Å²) < 4.78 is 0. The molecule has 1 nitrogen and oxygen atoms in total. The lowest BCUT2D eigenvalue weighted by molar-refractivity contribution is 0.874. The molecule has 3 aromatic rings. The van der Waals surface area contributed by atoms with Crippen LogP contribution < -0.4 is 16.4 Å². The van der Waals surface area contributed by atoms with Gasteiger partial charge in [-0.25, -0.2) is 0 Å². The molecule has 0 fully saturated rings. The highest BCUT2D eigenvalue weighted by atomic mass is 32.2. The first kappa shape index (κ1) is 22.8. The summed E-state index contributed by atoms with van der Waals surface area (Å²) in [5.74, 6) is 0.708. The predicted molar refractivity (Wildman–Crippen MR) is 133 cm³/mol.